The fourth-order valence-corrected chi connectivity index (χ4v) is 3.97. The number of esters is 2. The van der Waals surface area contributed by atoms with E-state index in [0.717, 1.165) is 38.5 Å². The van der Waals surface area contributed by atoms with Gasteiger partial charge in [-0.15, -0.1) is 0 Å². The molecule has 0 bridgehead atoms. The maximum absolute atomic E-state index is 11.3. The molecule has 218 valence electrons. The number of rotatable bonds is 26. The summed E-state index contributed by atoms with van der Waals surface area (Å²) in [7, 11) is 0. The molecule has 0 spiro atoms. The zero-order valence-electron chi connectivity index (χ0n) is 25.5. The molecular weight excluding hydrogens is 567 g/mol. The molecule has 0 N–H and O–H groups in total. The van der Waals surface area contributed by atoms with Crippen LogP contribution in [0.2, 0.25) is 0 Å². The van der Waals surface area contributed by atoms with Crippen molar-refractivity contribution in [2.45, 2.75) is 182 Å². The first kappa shape index (κ1) is 41.2. The van der Waals surface area contributed by atoms with Crippen LogP contribution >= 0.6 is 0 Å². The zero-order chi connectivity index (χ0) is 27.0. The van der Waals surface area contributed by atoms with Gasteiger partial charge in [-0.05, 0) is 25.7 Å². The molecule has 0 aliphatic carbocycles. The van der Waals surface area contributed by atoms with Gasteiger partial charge >= 0.3 is 35.8 Å². The molecule has 0 fully saturated rings. The molecule has 0 aliphatic heterocycles. The standard InChI is InChI=1S/2C16H32O2.Sn/c2*1-3-5-7-8-9-10-11-12-13-14-16(17)18-15-6-4-2;/h2*3-15H2,1-2H3;/q;;+2. The molecule has 2 radical (unpaired) electrons. The van der Waals surface area contributed by atoms with Crippen molar-refractivity contribution in [1.82, 2.24) is 0 Å². The average molecular weight is 632 g/mol. The second kappa shape index (κ2) is 37.9. The molecule has 0 aromatic carbocycles. The van der Waals surface area contributed by atoms with Gasteiger partial charge < -0.3 is 9.47 Å². The normalized spacial score (nSPS) is 10.3. The van der Waals surface area contributed by atoms with Crippen molar-refractivity contribution in [2.24, 2.45) is 0 Å². The van der Waals surface area contributed by atoms with Crippen LogP contribution in [0.1, 0.15) is 182 Å². The molecule has 0 saturated carbocycles. The monoisotopic (exact) mass is 632 g/mol. The molecule has 4 nitrogen and oxygen atoms in total. The third-order valence-electron chi connectivity index (χ3n) is 6.49. The Kier molecular flexibility index (Phi) is 42.2. The molecule has 0 amide bonds. The number of carbonyl (C=O) groups excluding carboxylic acids is 2. The molecule has 0 saturated heterocycles. The van der Waals surface area contributed by atoms with Gasteiger partial charge in [0.1, 0.15) is 0 Å². The molecule has 0 unspecified atom stereocenters. The van der Waals surface area contributed by atoms with Crippen molar-refractivity contribution in [3.8, 4) is 0 Å². The van der Waals surface area contributed by atoms with E-state index < -0.39 is 0 Å². The largest absolute Gasteiger partial charge is 2.00 e. The van der Waals surface area contributed by atoms with Crippen LogP contribution < -0.4 is 0 Å². The molecule has 0 rings (SSSR count). The summed E-state index contributed by atoms with van der Waals surface area (Å²) >= 11 is 0. The molecule has 37 heavy (non-hydrogen) atoms. The van der Waals surface area contributed by atoms with E-state index in [1.807, 2.05) is 0 Å². The Morgan fingerprint density at radius 1 is 0.378 bits per heavy atom. The van der Waals surface area contributed by atoms with Crippen molar-refractivity contribution >= 4 is 35.8 Å². The van der Waals surface area contributed by atoms with Gasteiger partial charge in [0.25, 0.3) is 0 Å². The second-order valence-corrected chi connectivity index (χ2v) is 10.3. The van der Waals surface area contributed by atoms with Gasteiger partial charge in [-0.25, -0.2) is 0 Å². The molecule has 0 aromatic heterocycles. The minimum atomic E-state index is -0.00797. The van der Waals surface area contributed by atoms with Gasteiger partial charge in [0, 0.05) is 12.8 Å². The maximum Gasteiger partial charge on any atom is 2.00 e. The minimum Gasteiger partial charge on any atom is -0.466 e. The number of hydrogen-bond acceptors (Lipinski definition) is 4. The SMILES string of the molecule is CCCCCCCCCCCC(=O)OCCCC.CCCCCCCCCCCC(=O)OCCCC.[Sn+2]. The van der Waals surface area contributed by atoms with E-state index >= 15 is 0 Å². The van der Waals surface area contributed by atoms with E-state index in [2.05, 4.69) is 27.7 Å². The molecule has 0 heterocycles. The topological polar surface area (TPSA) is 52.6 Å². The first-order valence-corrected chi connectivity index (χ1v) is 15.9. The van der Waals surface area contributed by atoms with Gasteiger partial charge in [0.05, 0.1) is 13.2 Å². The summed E-state index contributed by atoms with van der Waals surface area (Å²) in [6.45, 7) is 9.92. The number of hydrogen-bond donors (Lipinski definition) is 0. The summed E-state index contributed by atoms with van der Waals surface area (Å²) in [6, 6.07) is 0. The summed E-state index contributed by atoms with van der Waals surface area (Å²) in [5.74, 6) is -0.0159. The van der Waals surface area contributed by atoms with Crippen LogP contribution in [0.3, 0.4) is 0 Å². The van der Waals surface area contributed by atoms with Gasteiger partial charge in [-0.1, -0.05) is 143 Å². The van der Waals surface area contributed by atoms with E-state index in [1.54, 1.807) is 0 Å². The molecule has 0 aromatic rings. The van der Waals surface area contributed by atoms with E-state index in [9.17, 15) is 9.59 Å². The van der Waals surface area contributed by atoms with Gasteiger partial charge in [0.15, 0.2) is 0 Å². The van der Waals surface area contributed by atoms with Crippen molar-refractivity contribution in [2.75, 3.05) is 13.2 Å². The van der Waals surface area contributed by atoms with Crippen molar-refractivity contribution in [3.63, 3.8) is 0 Å². The van der Waals surface area contributed by atoms with Crippen LogP contribution in [0, 0.1) is 0 Å². The molecule has 0 atom stereocenters. The Bertz CT molecular complexity index is 403. The molecule has 5 heteroatoms. The Balaban J connectivity index is -0.000000608. The van der Waals surface area contributed by atoms with E-state index in [-0.39, 0.29) is 35.8 Å². The second-order valence-electron chi connectivity index (χ2n) is 10.3. The number of carbonyl (C=O) groups is 2. The average Bonchev–Trinajstić information content (AvgIpc) is 2.87. The third kappa shape index (κ3) is 40.4. The molecular formula is C32H64O4Sn+2. The minimum absolute atomic E-state index is 0. The first-order valence-electron chi connectivity index (χ1n) is 15.9. The Labute approximate surface area is 249 Å². The smallest absolute Gasteiger partial charge is 0.466 e. The fourth-order valence-electron chi connectivity index (χ4n) is 3.97. The van der Waals surface area contributed by atoms with Gasteiger partial charge in [-0.2, -0.15) is 0 Å². The number of unbranched alkanes of at least 4 members (excludes halogenated alkanes) is 18. The van der Waals surface area contributed by atoms with Crippen LogP contribution in [-0.4, -0.2) is 49.1 Å². The Morgan fingerprint density at radius 2 is 0.622 bits per heavy atom. The van der Waals surface area contributed by atoms with Crippen LogP contribution in [0.4, 0.5) is 0 Å². The first-order chi connectivity index (χ1) is 17.6. The van der Waals surface area contributed by atoms with E-state index in [1.165, 1.54) is 103 Å². The Hall–Kier alpha value is -0.261. The van der Waals surface area contributed by atoms with E-state index in [4.69, 9.17) is 9.47 Å². The summed E-state index contributed by atoms with van der Waals surface area (Å²) in [6.07, 6.45) is 28.6. The van der Waals surface area contributed by atoms with Crippen molar-refractivity contribution < 1.29 is 19.1 Å². The summed E-state index contributed by atoms with van der Waals surface area (Å²) in [4.78, 5) is 22.6. The van der Waals surface area contributed by atoms with Gasteiger partial charge in [-0.3, -0.25) is 9.59 Å². The van der Waals surface area contributed by atoms with Crippen molar-refractivity contribution in [1.29, 1.82) is 0 Å². The Morgan fingerprint density at radius 3 is 0.892 bits per heavy atom. The summed E-state index contributed by atoms with van der Waals surface area (Å²) in [5.41, 5.74) is 0. The van der Waals surface area contributed by atoms with Gasteiger partial charge in [0.2, 0.25) is 0 Å². The fraction of sp³-hybridized carbons (Fsp3) is 0.938. The van der Waals surface area contributed by atoms with Crippen LogP contribution in [0.15, 0.2) is 0 Å². The predicted molar refractivity (Wildman–Crippen MR) is 161 cm³/mol. The van der Waals surface area contributed by atoms with E-state index in [0.29, 0.717) is 26.1 Å². The molecule has 0 aliphatic rings. The quantitative estimate of drug-likeness (QED) is 0.0542. The number of ether oxygens (including phenoxy) is 2. The maximum atomic E-state index is 11.3. The van der Waals surface area contributed by atoms with Crippen molar-refractivity contribution in [3.05, 3.63) is 0 Å². The summed E-state index contributed by atoms with van der Waals surface area (Å²) in [5, 5.41) is 0. The zero-order valence-corrected chi connectivity index (χ0v) is 28.4. The third-order valence-corrected chi connectivity index (χ3v) is 6.49. The summed E-state index contributed by atoms with van der Waals surface area (Å²) < 4.78 is 10.2. The predicted octanol–water partition coefficient (Wildman–Crippen LogP) is 10.1. The van der Waals surface area contributed by atoms with Crippen LogP contribution in [0.25, 0.3) is 0 Å². The van der Waals surface area contributed by atoms with Crippen LogP contribution in [0.5, 0.6) is 0 Å². The van der Waals surface area contributed by atoms with Crippen LogP contribution in [-0.2, 0) is 19.1 Å².